The van der Waals surface area contributed by atoms with Gasteiger partial charge in [-0.25, -0.2) is 4.98 Å². The molecule has 5 nitrogen and oxygen atoms in total. The highest BCUT2D eigenvalue weighted by molar-refractivity contribution is 7.10. The van der Waals surface area contributed by atoms with Crippen molar-refractivity contribution in [1.82, 2.24) is 10.3 Å². The van der Waals surface area contributed by atoms with E-state index in [1.807, 2.05) is 18.3 Å². The molecular formula is C18H23ClN4OS. The first-order chi connectivity index (χ1) is 11.8. The number of fused-ring (bicyclic) bond motifs is 1. The molecule has 134 valence electrons. The van der Waals surface area contributed by atoms with Crippen LogP contribution in [0.15, 0.2) is 29.8 Å². The van der Waals surface area contributed by atoms with Crippen LogP contribution in [-0.4, -0.2) is 37.1 Å². The van der Waals surface area contributed by atoms with Gasteiger partial charge in [-0.2, -0.15) is 0 Å². The number of hydrogen-bond donors (Lipinski definition) is 2. The molecule has 4 rings (SSSR count). The van der Waals surface area contributed by atoms with Crippen molar-refractivity contribution >= 4 is 41.2 Å². The molecule has 1 atom stereocenters. The van der Waals surface area contributed by atoms with Crippen molar-refractivity contribution in [1.29, 1.82) is 0 Å². The summed E-state index contributed by atoms with van der Waals surface area (Å²) >= 11 is 1.76. The lowest BCUT2D eigenvalue weighted by molar-refractivity contribution is -0.117. The molecule has 0 saturated carbocycles. The number of carbonyl (C=O) groups is 1. The number of aromatic nitrogens is 1. The van der Waals surface area contributed by atoms with Crippen LogP contribution in [0.1, 0.15) is 29.2 Å². The molecule has 7 heteroatoms. The van der Waals surface area contributed by atoms with Crippen molar-refractivity contribution in [2.75, 3.05) is 36.4 Å². The summed E-state index contributed by atoms with van der Waals surface area (Å²) in [6.07, 6.45) is 4.97. The first-order valence-corrected chi connectivity index (χ1v) is 9.48. The first-order valence-electron chi connectivity index (χ1n) is 8.60. The molecule has 25 heavy (non-hydrogen) atoms. The zero-order valence-electron chi connectivity index (χ0n) is 14.0. The van der Waals surface area contributed by atoms with Gasteiger partial charge in [-0.05, 0) is 48.4 Å². The smallest absolute Gasteiger partial charge is 0.233 e. The van der Waals surface area contributed by atoms with E-state index in [1.165, 1.54) is 10.4 Å². The zero-order chi connectivity index (χ0) is 16.4. The van der Waals surface area contributed by atoms with E-state index in [9.17, 15) is 4.79 Å². The summed E-state index contributed by atoms with van der Waals surface area (Å²) in [5.41, 5.74) is 2.33. The number of rotatable bonds is 3. The predicted molar refractivity (Wildman–Crippen MR) is 105 cm³/mol. The molecule has 0 aromatic carbocycles. The Kier molecular flexibility index (Phi) is 5.93. The Balaban J connectivity index is 0.00000182. The highest BCUT2D eigenvalue weighted by atomic mass is 35.5. The van der Waals surface area contributed by atoms with Gasteiger partial charge in [0.1, 0.15) is 5.82 Å². The molecule has 1 saturated heterocycles. The maximum atomic E-state index is 12.6. The normalized spacial score (nSPS) is 19.7. The number of pyridine rings is 1. The van der Waals surface area contributed by atoms with Gasteiger partial charge in [0.2, 0.25) is 5.91 Å². The number of piperazine rings is 1. The molecular weight excluding hydrogens is 356 g/mol. The fraction of sp³-hybridized carbons (Fsp3) is 0.444. The summed E-state index contributed by atoms with van der Waals surface area (Å²) in [4.78, 5) is 20.8. The molecule has 2 aliphatic rings. The Morgan fingerprint density at radius 3 is 2.88 bits per heavy atom. The molecule has 2 aromatic rings. The lowest BCUT2D eigenvalue weighted by Crippen LogP contribution is -2.43. The third-order valence-corrected chi connectivity index (χ3v) is 5.85. The quantitative estimate of drug-likeness (QED) is 0.861. The number of anilines is 2. The van der Waals surface area contributed by atoms with Gasteiger partial charge in [-0.1, -0.05) is 0 Å². The molecule has 0 bridgehead atoms. The van der Waals surface area contributed by atoms with Gasteiger partial charge < -0.3 is 15.5 Å². The van der Waals surface area contributed by atoms with Crippen LogP contribution in [0.2, 0.25) is 0 Å². The number of hydrogen-bond acceptors (Lipinski definition) is 5. The number of nitrogens with zero attached hydrogens (tertiary/aromatic N) is 2. The lowest BCUT2D eigenvalue weighted by Gasteiger charge is -2.29. The minimum Gasteiger partial charge on any atom is -0.368 e. The zero-order valence-corrected chi connectivity index (χ0v) is 15.7. The molecule has 0 spiro atoms. The summed E-state index contributed by atoms with van der Waals surface area (Å²) in [6.45, 7) is 4.00. The molecule has 2 N–H and O–H groups in total. The number of amides is 1. The van der Waals surface area contributed by atoms with E-state index in [0.717, 1.165) is 51.1 Å². The van der Waals surface area contributed by atoms with Gasteiger partial charge >= 0.3 is 0 Å². The molecule has 1 aliphatic heterocycles. The molecule has 2 aromatic heterocycles. The third-order valence-electron chi connectivity index (χ3n) is 4.85. The van der Waals surface area contributed by atoms with Crippen molar-refractivity contribution in [3.05, 3.63) is 40.2 Å². The third kappa shape index (κ3) is 3.97. The van der Waals surface area contributed by atoms with Crippen LogP contribution in [0.4, 0.5) is 11.5 Å². The molecule has 0 radical (unpaired) electrons. The summed E-state index contributed by atoms with van der Waals surface area (Å²) < 4.78 is 0. The average Bonchev–Trinajstić information content (AvgIpc) is 3.12. The Labute approximate surface area is 158 Å². The topological polar surface area (TPSA) is 57.3 Å². The second kappa shape index (κ2) is 8.17. The molecule has 1 amide bonds. The van der Waals surface area contributed by atoms with Crippen molar-refractivity contribution in [2.45, 2.75) is 25.2 Å². The summed E-state index contributed by atoms with van der Waals surface area (Å²) in [6, 6.07) is 6.06. The SMILES string of the molecule is Cl.O=C(Nc1ccc(N2CCNCC2)cn1)C1CCCc2sccc21. The number of nitrogens with one attached hydrogen (secondary N) is 2. The number of thiophene rings is 1. The fourth-order valence-electron chi connectivity index (χ4n) is 3.54. The van der Waals surface area contributed by atoms with Gasteiger partial charge in [-0.15, -0.1) is 23.7 Å². The van der Waals surface area contributed by atoms with E-state index < -0.39 is 0 Å². The highest BCUT2D eigenvalue weighted by Gasteiger charge is 2.27. The maximum Gasteiger partial charge on any atom is 0.233 e. The Bertz CT molecular complexity index is 712. The molecule has 1 fully saturated rings. The molecule has 1 aliphatic carbocycles. The minimum atomic E-state index is -0.0327. The van der Waals surface area contributed by atoms with E-state index in [2.05, 4.69) is 32.0 Å². The van der Waals surface area contributed by atoms with Gasteiger partial charge in [0.05, 0.1) is 17.8 Å². The fourth-order valence-corrected chi connectivity index (χ4v) is 4.53. The average molecular weight is 379 g/mol. The van der Waals surface area contributed by atoms with Crippen molar-refractivity contribution in [2.24, 2.45) is 0 Å². The van der Waals surface area contributed by atoms with Crippen LogP contribution in [0.25, 0.3) is 0 Å². The van der Waals surface area contributed by atoms with Crippen LogP contribution in [0.3, 0.4) is 0 Å². The van der Waals surface area contributed by atoms with Crippen LogP contribution in [0, 0.1) is 0 Å². The summed E-state index contributed by atoms with van der Waals surface area (Å²) in [5, 5.41) is 8.44. The van der Waals surface area contributed by atoms with Crippen LogP contribution >= 0.6 is 23.7 Å². The van der Waals surface area contributed by atoms with Crippen molar-refractivity contribution in [3.8, 4) is 0 Å². The van der Waals surface area contributed by atoms with Crippen LogP contribution in [-0.2, 0) is 11.2 Å². The van der Waals surface area contributed by atoms with Crippen LogP contribution in [0.5, 0.6) is 0 Å². The van der Waals surface area contributed by atoms with Crippen LogP contribution < -0.4 is 15.5 Å². The van der Waals surface area contributed by atoms with Crippen molar-refractivity contribution < 1.29 is 4.79 Å². The van der Waals surface area contributed by atoms with Gasteiger partial charge in [-0.3, -0.25) is 4.79 Å². The standard InChI is InChI=1S/C18H22N4OS.ClH/c23-18(15-2-1-3-16-14(15)6-11-24-16)21-17-5-4-13(12-20-17)22-9-7-19-8-10-22;/h4-6,11-12,15,19H,1-3,7-10H2,(H,20,21,23);1H. The Morgan fingerprint density at radius 1 is 1.28 bits per heavy atom. The highest BCUT2D eigenvalue weighted by Crippen LogP contribution is 2.35. The number of halogens is 1. The second-order valence-corrected chi connectivity index (χ2v) is 7.37. The van der Waals surface area contributed by atoms with E-state index in [-0.39, 0.29) is 24.2 Å². The van der Waals surface area contributed by atoms with E-state index in [1.54, 1.807) is 11.3 Å². The minimum absolute atomic E-state index is 0. The van der Waals surface area contributed by atoms with Gasteiger partial charge in [0.15, 0.2) is 0 Å². The molecule has 1 unspecified atom stereocenters. The maximum absolute atomic E-state index is 12.6. The van der Waals surface area contributed by atoms with E-state index >= 15 is 0 Å². The van der Waals surface area contributed by atoms with E-state index in [4.69, 9.17) is 0 Å². The summed E-state index contributed by atoms with van der Waals surface area (Å²) in [7, 11) is 0. The summed E-state index contributed by atoms with van der Waals surface area (Å²) in [5.74, 6) is 0.674. The lowest BCUT2D eigenvalue weighted by atomic mass is 9.87. The van der Waals surface area contributed by atoms with E-state index in [0.29, 0.717) is 5.82 Å². The van der Waals surface area contributed by atoms with Gasteiger partial charge in [0.25, 0.3) is 0 Å². The second-order valence-electron chi connectivity index (χ2n) is 6.37. The Hall–Kier alpha value is -1.63. The van der Waals surface area contributed by atoms with Gasteiger partial charge in [0, 0.05) is 31.1 Å². The number of carbonyl (C=O) groups excluding carboxylic acids is 1. The molecule has 3 heterocycles. The Morgan fingerprint density at radius 2 is 2.12 bits per heavy atom. The predicted octanol–water partition coefficient (Wildman–Crippen LogP) is 3.03. The monoisotopic (exact) mass is 378 g/mol. The first kappa shape index (κ1) is 18.2. The van der Waals surface area contributed by atoms with Crippen molar-refractivity contribution in [3.63, 3.8) is 0 Å². The largest absolute Gasteiger partial charge is 0.368 e. The number of aryl methyl sites for hydroxylation is 1.